The molecule has 0 saturated heterocycles. The number of hydrogen-bond donors (Lipinski definition) is 0. The molecule has 1 aliphatic rings. The van der Waals surface area contributed by atoms with Crippen LogP contribution in [0.5, 0.6) is 5.75 Å². The Bertz CT molecular complexity index is 849. The van der Waals surface area contributed by atoms with Crippen LogP contribution >= 0.6 is 0 Å². The molecule has 1 heterocycles. The van der Waals surface area contributed by atoms with Gasteiger partial charge < -0.3 is 4.74 Å². The lowest BCUT2D eigenvalue weighted by Gasteiger charge is -2.34. The van der Waals surface area contributed by atoms with Crippen LogP contribution in [0.15, 0.2) is 91.0 Å². The first kappa shape index (κ1) is 13.8. The highest BCUT2D eigenvalue weighted by Gasteiger charge is 2.34. The molecule has 23 heavy (non-hydrogen) atoms. The van der Waals surface area contributed by atoms with E-state index >= 15 is 0 Å². The highest BCUT2D eigenvalue weighted by atomic mass is 16.5. The van der Waals surface area contributed by atoms with Gasteiger partial charge in [0.1, 0.15) is 11.5 Å². The van der Waals surface area contributed by atoms with E-state index in [2.05, 4.69) is 67.6 Å². The Morgan fingerprint density at radius 3 is 2.04 bits per heavy atom. The Kier molecular flexibility index (Phi) is 3.27. The minimum absolute atomic E-state index is 0.207. The van der Waals surface area contributed by atoms with Gasteiger partial charge in [-0.1, -0.05) is 78.9 Å². The topological polar surface area (TPSA) is 9.23 Å². The molecule has 3 aromatic rings. The van der Waals surface area contributed by atoms with Gasteiger partial charge in [-0.2, -0.15) is 0 Å². The number of hydrogen-bond acceptors (Lipinski definition) is 1. The summed E-state index contributed by atoms with van der Waals surface area (Å²) < 4.78 is 6.20. The molecule has 4 rings (SSSR count). The fraction of sp³-hybridized carbons (Fsp3) is 0.0909. The largest absolute Gasteiger partial charge is 0.457 e. The number of allylic oxidation sites excluding steroid dienone is 1. The van der Waals surface area contributed by atoms with Crippen LogP contribution in [0.3, 0.4) is 0 Å². The molecular formula is C22H18O. The lowest BCUT2D eigenvalue weighted by Crippen LogP contribution is -2.26. The van der Waals surface area contributed by atoms with Crippen LogP contribution in [-0.2, 0) is 5.41 Å². The van der Waals surface area contributed by atoms with Crippen molar-refractivity contribution < 1.29 is 4.74 Å². The van der Waals surface area contributed by atoms with E-state index in [1.165, 1.54) is 11.1 Å². The minimum Gasteiger partial charge on any atom is -0.457 e. The lowest BCUT2D eigenvalue weighted by atomic mass is 9.74. The van der Waals surface area contributed by atoms with Gasteiger partial charge in [-0.15, -0.1) is 0 Å². The number of rotatable bonds is 2. The van der Waals surface area contributed by atoms with E-state index in [0.29, 0.717) is 0 Å². The van der Waals surface area contributed by atoms with Crippen LogP contribution < -0.4 is 4.74 Å². The van der Waals surface area contributed by atoms with Gasteiger partial charge in [-0.05, 0) is 24.6 Å². The van der Waals surface area contributed by atoms with Gasteiger partial charge in [0.25, 0.3) is 0 Å². The maximum absolute atomic E-state index is 6.20. The molecule has 0 N–H and O–H groups in total. The normalized spacial score (nSPS) is 19.4. The Labute approximate surface area is 136 Å². The number of fused-ring (bicyclic) bond motifs is 1. The molecule has 3 aromatic carbocycles. The molecule has 0 amide bonds. The first-order chi connectivity index (χ1) is 11.3. The average Bonchev–Trinajstić information content (AvgIpc) is 2.63. The molecule has 1 nitrogen and oxygen atoms in total. The van der Waals surface area contributed by atoms with Crippen molar-refractivity contribution in [3.8, 4) is 5.75 Å². The highest BCUT2D eigenvalue weighted by molar-refractivity contribution is 5.70. The smallest absolute Gasteiger partial charge is 0.131 e. The fourth-order valence-corrected chi connectivity index (χ4v) is 3.24. The SMILES string of the molecule is C[C@]1(c2ccccc2)C=C(c2ccccc2)Oc2ccccc21. The van der Waals surface area contributed by atoms with Crippen molar-refractivity contribution >= 4 is 5.76 Å². The fourth-order valence-electron chi connectivity index (χ4n) is 3.24. The third-order valence-electron chi connectivity index (χ3n) is 4.52. The summed E-state index contributed by atoms with van der Waals surface area (Å²) in [6.45, 7) is 2.26. The minimum atomic E-state index is -0.207. The van der Waals surface area contributed by atoms with Crippen LogP contribution in [0.25, 0.3) is 5.76 Å². The van der Waals surface area contributed by atoms with Crippen molar-refractivity contribution in [3.05, 3.63) is 108 Å². The summed E-state index contributed by atoms with van der Waals surface area (Å²) in [4.78, 5) is 0. The Hall–Kier alpha value is -2.80. The molecule has 0 bridgehead atoms. The van der Waals surface area contributed by atoms with Crippen molar-refractivity contribution in [1.82, 2.24) is 0 Å². The van der Waals surface area contributed by atoms with Gasteiger partial charge >= 0.3 is 0 Å². The maximum atomic E-state index is 6.20. The molecule has 1 atom stereocenters. The summed E-state index contributed by atoms with van der Waals surface area (Å²) >= 11 is 0. The van der Waals surface area contributed by atoms with Crippen LogP contribution in [0, 0.1) is 0 Å². The third-order valence-corrected chi connectivity index (χ3v) is 4.52. The Morgan fingerprint density at radius 2 is 1.30 bits per heavy atom. The van der Waals surface area contributed by atoms with Gasteiger partial charge in [0, 0.05) is 16.5 Å². The maximum Gasteiger partial charge on any atom is 0.131 e. The van der Waals surface area contributed by atoms with Gasteiger partial charge in [0.05, 0.1) is 0 Å². The summed E-state index contributed by atoms with van der Waals surface area (Å²) in [5, 5.41) is 0. The second-order valence-electron chi connectivity index (χ2n) is 6.04. The second-order valence-corrected chi connectivity index (χ2v) is 6.04. The molecule has 0 spiro atoms. The van der Waals surface area contributed by atoms with E-state index in [9.17, 15) is 0 Å². The van der Waals surface area contributed by atoms with E-state index in [0.717, 1.165) is 17.1 Å². The molecule has 0 unspecified atom stereocenters. The van der Waals surface area contributed by atoms with Crippen molar-refractivity contribution in [2.24, 2.45) is 0 Å². The number of benzene rings is 3. The highest BCUT2D eigenvalue weighted by Crippen LogP contribution is 2.45. The molecule has 0 radical (unpaired) electrons. The molecular weight excluding hydrogens is 280 g/mol. The van der Waals surface area contributed by atoms with Crippen molar-refractivity contribution in [2.75, 3.05) is 0 Å². The molecule has 0 saturated carbocycles. The summed E-state index contributed by atoms with van der Waals surface area (Å²) in [5.41, 5.74) is 3.36. The van der Waals surface area contributed by atoms with E-state index in [1.54, 1.807) is 0 Å². The van der Waals surface area contributed by atoms with Gasteiger partial charge in [-0.25, -0.2) is 0 Å². The predicted octanol–water partition coefficient (Wildman–Crippen LogP) is 5.43. The van der Waals surface area contributed by atoms with Gasteiger partial charge in [0.2, 0.25) is 0 Å². The molecule has 0 aliphatic carbocycles. The van der Waals surface area contributed by atoms with Crippen molar-refractivity contribution in [2.45, 2.75) is 12.3 Å². The molecule has 1 heteroatoms. The lowest BCUT2D eigenvalue weighted by molar-refractivity contribution is 0.470. The summed E-state index contributed by atoms with van der Waals surface area (Å²) in [6, 6.07) is 29.2. The summed E-state index contributed by atoms with van der Waals surface area (Å²) in [7, 11) is 0. The summed E-state index contributed by atoms with van der Waals surface area (Å²) in [6.07, 6.45) is 2.24. The summed E-state index contributed by atoms with van der Waals surface area (Å²) in [5.74, 6) is 1.84. The molecule has 0 fully saturated rings. The van der Waals surface area contributed by atoms with E-state index in [-0.39, 0.29) is 5.41 Å². The monoisotopic (exact) mass is 298 g/mol. The van der Waals surface area contributed by atoms with Crippen LogP contribution in [0.4, 0.5) is 0 Å². The predicted molar refractivity (Wildman–Crippen MR) is 94.4 cm³/mol. The second kappa shape index (κ2) is 5.44. The van der Waals surface area contributed by atoms with Crippen LogP contribution in [0.1, 0.15) is 23.6 Å². The van der Waals surface area contributed by atoms with Crippen molar-refractivity contribution in [3.63, 3.8) is 0 Å². The Morgan fingerprint density at radius 1 is 0.696 bits per heavy atom. The molecule has 112 valence electrons. The average molecular weight is 298 g/mol. The zero-order valence-electron chi connectivity index (χ0n) is 13.1. The number of ether oxygens (including phenoxy) is 1. The van der Waals surface area contributed by atoms with E-state index in [1.807, 2.05) is 30.3 Å². The number of para-hydroxylation sites is 1. The van der Waals surface area contributed by atoms with Crippen LogP contribution in [0.2, 0.25) is 0 Å². The van der Waals surface area contributed by atoms with Gasteiger partial charge in [0.15, 0.2) is 0 Å². The third kappa shape index (κ3) is 2.35. The zero-order valence-corrected chi connectivity index (χ0v) is 13.1. The van der Waals surface area contributed by atoms with Crippen LogP contribution in [-0.4, -0.2) is 0 Å². The van der Waals surface area contributed by atoms with Crippen molar-refractivity contribution in [1.29, 1.82) is 0 Å². The zero-order chi connectivity index (χ0) is 15.7. The molecule has 1 aliphatic heterocycles. The quantitative estimate of drug-likeness (QED) is 0.613. The van der Waals surface area contributed by atoms with E-state index in [4.69, 9.17) is 4.74 Å². The Balaban J connectivity index is 1.93. The van der Waals surface area contributed by atoms with E-state index < -0.39 is 0 Å². The first-order valence-electron chi connectivity index (χ1n) is 7.88. The standard InChI is InChI=1S/C22H18O/c1-22(18-12-6-3-7-13-18)16-21(17-10-4-2-5-11-17)23-20-15-9-8-14-19(20)22/h2-16H,1H3/t22-/m1/s1. The van der Waals surface area contributed by atoms with Gasteiger partial charge in [-0.3, -0.25) is 0 Å². The first-order valence-corrected chi connectivity index (χ1v) is 7.88. The molecule has 0 aromatic heterocycles.